The molecule has 7 nitrogen and oxygen atoms in total. The van der Waals surface area contributed by atoms with Gasteiger partial charge in [-0.05, 0) is 41.5 Å². The molecule has 0 saturated heterocycles. The summed E-state index contributed by atoms with van der Waals surface area (Å²) in [6.45, 7) is 0.393. The molecule has 8 heteroatoms. The minimum absolute atomic E-state index is 0.305. The number of nitrogens with zero attached hydrogens (tertiary/aromatic N) is 3. The van der Waals surface area contributed by atoms with Crippen LogP contribution in [0.5, 0.6) is 0 Å². The second kappa shape index (κ2) is 9.19. The molecule has 150 valence electrons. The highest BCUT2D eigenvalue weighted by Crippen LogP contribution is 2.21. The van der Waals surface area contributed by atoms with Crippen LogP contribution in [-0.2, 0) is 13.0 Å². The molecule has 0 unspecified atom stereocenters. The number of anilines is 1. The molecule has 0 spiro atoms. The van der Waals surface area contributed by atoms with Gasteiger partial charge in [0, 0.05) is 35.2 Å². The summed E-state index contributed by atoms with van der Waals surface area (Å²) in [7, 11) is 0. The number of pyridine rings is 1. The van der Waals surface area contributed by atoms with Gasteiger partial charge in [0.25, 0.3) is 0 Å². The van der Waals surface area contributed by atoms with Crippen molar-refractivity contribution in [3.63, 3.8) is 0 Å². The van der Waals surface area contributed by atoms with Gasteiger partial charge in [-0.1, -0.05) is 47.1 Å². The lowest BCUT2D eigenvalue weighted by molar-refractivity contribution is 0.251. The van der Waals surface area contributed by atoms with Gasteiger partial charge in [0.15, 0.2) is 0 Å². The van der Waals surface area contributed by atoms with Crippen LogP contribution in [0.4, 0.5) is 10.5 Å². The Morgan fingerprint density at radius 1 is 1.00 bits per heavy atom. The zero-order valence-electron chi connectivity index (χ0n) is 15.9. The molecule has 2 amide bonds. The van der Waals surface area contributed by atoms with E-state index in [0.717, 1.165) is 16.7 Å². The van der Waals surface area contributed by atoms with Crippen LogP contribution < -0.4 is 10.6 Å². The number of amides is 2. The molecule has 2 N–H and O–H groups in total. The van der Waals surface area contributed by atoms with Crippen LogP contribution in [0.15, 0.2) is 77.6 Å². The maximum Gasteiger partial charge on any atom is 0.319 e. The van der Waals surface area contributed by atoms with Crippen molar-refractivity contribution in [2.24, 2.45) is 0 Å². The van der Waals surface area contributed by atoms with Gasteiger partial charge in [-0.25, -0.2) is 4.79 Å². The van der Waals surface area contributed by atoms with Gasteiger partial charge in [0.1, 0.15) is 0 Å². The normalized spacial score (nSPS) is 10.6. The van der Waals surface area contributed by atoms with Gasteiger partial charge in [-0.3, -0.25) is 4.98 Å². The lowest BCUT2D eigenvalue weighted by atomic mass is 10.1. The fourth-order valence-electron chi connectivity index (χ4n) is 2.86. The molecule has 0 bridgehead atoms. The van der Waals surface area contributed by atoms with Gasteiger partial charge in [0.05, 0.1) is 6.42 Å². The van der Waals surface area contributed by atoms with Gasteiger partial charge in [-0.2, -0.15) is 4.98 Å². The second-order valence-corrected chi connectivity index (χ2v) is 6.95. The molecule has 4 aromatic rings. The molecule has 2 aromatic carbocycles. The van der Waals surface area contributed by atoms with Crippen LogP contribution in [0.3, 0.4) is 0 Å². The van der Waals surface area contributed by atoms with E-state index in [0.29, 0.717) is 35.4 Å². The summed E-state index contributed by atoms with van der Waals surface area (Å²) in [4.78, 5) is 20.8. The summed E-state index contributed by atoms with van der Waals surface area (Å²) in [6.07, 6.45) is 3.74. The molecule has 0 aliphatic heterocycles. The van der Waals surface area contributed by atoms with E-state index in [2.05, 4.69) is 25.8 Å². The third kappa shape index (κ3) is 5.01. The van der Waals surface area contributed by atoms with E-state index in [4.69, 9.17) is 16.1 Å². The number of carbonyl (C=O) groups excluding carboxylic acids is 1. The predicted molar refractivity (Wildman–Crippen MR) is 114 cm³/mol. The van der Waals surface area contributed by atoms with E-state index < -0.39 is 0 Å². The number of hydrogen-bond acceptors (Lipinski definition) is 5. The molecular weight excluding hydrogens is 402 g/mol. The molecule has 0 aliphatic rings. The van der Waals surface area contributed by atoms with Crippen molar-refractivity contribution in [1.29, 1.82) is 0 Å². The molecule has 0 atom stereocenters. The van der Waals surface area contributed by atoms with Crippen molar-refractivity contribution in [3.05, 3.63) is 95.1 Å². The van der Waals surface area contributed by atoms with Crippen LogP contribution in [0.1, 0.15) is 17.0 Å². The van der Waals surface area contributed by atoms with E-state index in [1.807, 2.05) is 48.5 Å². The third-order valence-corrected chi connectivity index (χ3v) is 4.63. The zero-order chi connectivity index (χ0) is 20.8. The Bertz CT molecular complexity index is 1130. The van der Waals surface area contributed by atoms with Gasteiger partial charge < -0.3 is 15.2 Å². The summed E-state index contributed by atoms with van der Waals surface area (Å²) in [5.74, 6) is 0.955. The summed E-state index contributed by atoms with van der Waals surface area (Å²) < 4.78 is 5.38. The van der Waals surface area contributed by atoms with E-state index in [1.165, 1.54) is 0 Å². The fourth-order valence-corrected chi connectivity index (χ4v) is 2.98. The van der Waals surface area contributed by atoms with Crippen LogP contribution in [0.2, 0.25) is 5.02 Å². The summed E-state index contributed by atoms with van der Waals surface area (Å²) in [5, 5.41) is 10.4. The Kier molecular flexibility index (Phi) is 6.01. The average Bonchev–Trinajstić information content (AvgIpc) is 3.24. The Hall–Kier alpha value is -3.71. The number of rotatable bonds is 6. The van der Waals surface area contributed by atoms with Crippen LogP contribution in [0.25, 0.3) is 11.4 Å². The topological polar surface area (TPSA) is 92.9 Å². The quantitative estimate of drug-likeness (QED) is 0.472. The molecule has 30 heavy (non-hydrogen) atoms. The predicted octanol–water partition coefficient (Wildman–Crippen LogP) is 4.70. The van der Waals surface area contributed by atoms with Gasteiger partial charge >= 0.3 is 6.03 Å². The maximum absolute atomic E-state index is 12.3. The number of aromatic nitrogens is 3. The highest BCUT2D eigenvalue weighted by atomic mass is 35.5. The van der Waals surface area contributed by atoms with Crippen LogP contribution >= 0.6 is 11.6 Å². The lowest BCUT2D eigenvalue weighted by Crippen LogP contribution is -2.28. The molecular formula is C22H18ClN5O2. The van der Waals surface area contributed by atoms with Crippen molar-refractivity contribution in [1.82, 2.24) is 20.4 Å². The molecule has 0 saturated carbocycles. The summed E-state index contributed by atoms with van der Waals surface area (Å²) >= 11 is 5.88. The van der Waals surface area contributed by atoms with Crippen molar-refractivity contribution in [2.75, 3.05) is 5.32 Å². The number of urea groups is 1. The Morgan fingerprint density at radius 3 is 2.57 bits per heavy atom. The van der Waals surface area contributed by atoms with E-state index in [9.17, 15) is 4.79 Å². The number of hydrogen-bond donors (Lipinski definition) is 2. The van der Waals surface area contributed by atoms with E-state index >= 15 is 0 Å². The first kappa shape index (κ1) is 19.6. The number of halogens is 1. The fraction of sp³-hybridized carbons (Fsp3) is 0.0909. The van der Waals surface area contributed by atoms with Crippen molar-refractivity contribution >= 4 is 23.3 Å². The molecule has 2 heterocycles. The number of nitrogens with one attached hydrogen (secondary N) is 2. The van der Waals surface area contributed by atoms with Crippen molar-refractivity contribution in [2.45, 2.75) is 13.0 Å². The Balaban J connectivity index is 1.40. The first-order chi connectivity index (χ1) is 14.7. The molecule has 4 rings (SSSR count). The lowest BCUT2D eigenvalue weighted by Gasteiger charge is -2.11. The van der Waals surface area contributed by atoms with E-state index in [1.54, 1.807) is 24.5 Å². The monoisotopic (exact) mass is 419 g/mol. The second-order valence-electron chi connectivity index (χ2n) is 6.52. The molecule has 0 aliphatic carbocycles. The van der Waals surface area contributed by atoms with Crippen molar-refractivity contribution in [3.8, 4) is 11.4 Å². The van der Waals surface area contributed by atoms with Gasteiger partial charge in [0.2, 0.25) is 11.7 Å². The average molecular weight is 420 g/mol. The third-order valence-electron chi connectivity index (χ3n) is 4.38. The highest BCUT2D eigenvalue weighted by molar-refractivity contribution is 6.30. The van der Waals surface area contributed by atoms with Crippen LogP contribution in [0, 0.1) is 0 Å². The number of para-hydroxylation sites is 1. The molecule has 0 radical (unpaired) electrons. The molecule has 0 fully saturated rings. The van der Waals surface area contributed by atoms with Gasteiger partial charge in [-0.15, -0.1) is 0 Å². The maximum atomic E-state index is 12.3. The number of carbonyl (C=O) groups is 1. The highest BCUT2D eigenvalue weighted by Gasteiger charge is 2.12. The standard InChI is InChI=1S/C22H18ClN5O2/c23-18-7-5-15(6-8-18)14-25-22(29)26-19-4-2-1-3-17(19)13-20-27-21(28-30-20)16-9-11-24-12-10-16/h1-12H,13-14H2,(H2,25,26,29). The minimum Gasteiger partial charge on any atom is -0.339 e. The summed E-state index contributed by atoms with van der Waals surface area (Å²) in [6, 6.07) is 18.1. The molecule has 2 aromatic heterocycles. The zero-order valence-corrected chi connectivity index (χ0v) is 16.6. The summed E-state index contributed by atoms with van der Waals surface area (Å²) in [5.41, 5.74) is 3.32. The van der Waals surface area contributed by atoms with Crippen molar-refractivity contribution < 1.29 is 9.32 Å². The minimum atomic E-state index is -0.305. The Labute approximate surface area is 178 Å². The van der Waals surface area contributed by atoms with E-state index in [-0.39, 0.29) is 6.03 Å². The largest absolute Gasteiger partial charge is 0.339 e. The SMILES string of the molecule is O=C(NCc1ccc(Cl)cc1)Nc1ccccc1Cc1nc(-c2ccncc2)no1. The first-order valence-corrected chi connectivity index (χ1v) is 9.65. The first-order valence-electron chi connectivity index (χ1n) is 9.27. The Morgan fingerprint density at radius 2 is 1.77 bits per heavy atom. The van der Waals surface area contributed by atoms with Crippen LogP contribution in [-0.4, -0.2) is 21.2 Å². The number of benzene rings is 2. The smallest absolute Gasteiger partial charge is 0.319 e.